The van der Waals surface area contributed by atoms with Crippen LogP contribution < -0.4 is 10.6 Å². The predicted octanol–water partition coefficient (Wildman–Crippen LogP) is 1.19. The van der Waals surface area contributed by atoms with E-state index in [1.807, 2.05) is 18.2 Å². The van der Waals surface area contributed by atoms with E-state index in [9.17, 15) is 9.59 Å². The summed E-state index contributed by atoms with van der Waals surface area (Å²) in [5.41, 5.74) is 1.27. The summed E-state index contributed by atoms with van der Waals surface area (Å²) in [5.74, 6) is -0.856. The SMILES string of the molecule is O=C(O)CCCNCC(=O)NCCCc1ccccc1. The number of carboxylic acid groups (broad SMARTS) is 1. The smallest absolute Gasteiger partial charge is 0.303 e. The molecule has 0 atom stereocenters. The molecule has 0 fully saturated rings. The number of carbonyl (C=O) groups is 2. The van der Waals surface area contributed by atoms with Gasteiger partial charge >= 0.3 is 5.97 Å². The lowest BCUT2D eigenvalue weighted by molar-refractivity contribution is -0.137. The number of hydrogen-bond acceptors (Lipinski definition) is 3. The summed E-state index contributed by atoms with van der Waals surface area (Å²) in [6, 6.07) is 10.2. The Labute approximate surface area is 119 Å². The standard InChI is InChI=1S/C15H22N2O3/c18-14(12-16-10-5-9-15(19)20)17-11-4-8-13-6-2-1-3-7-13/h1-3,6-7,16H,4-5,8-12H2,(H,17,18)(H,19,20). The largest absolute Gasteiger partial charge is 0.481 e. The highest BCUT2D eigenvalue weighted by atomic mass is 16.4. The Morgan fingerprint density at radius 2 is 1.80 bits per heavy atom. The molecular weight excluding hydrogens is 256 g/mol. The molecule has 0 heterocycles. The van der Waals surface area contributed by atoms with Crippen molar-refractivity contribution in [2.45, 2.75) is 25.7 Å². The molecule has 0 spiro atoms. The molecule has 0 aliphatic rings. The van der Waals surface area contributed by atoms with E-state index in [0.29, 0.717) is 19.5 Å². The van der Waals surface area contributed by atoms with Gasteiger partial charge < -0.3 is 15.7 Å². The van der Waals surface area contributed by atoms with Gasteiger partial charge in [0.25, 0.3) is 0 Å². The van der Waals surface area contributed by atoms with E-state index in [4.69, 9.17) is 5.11 Å². The van der Waals surface area contributed by atoms with Crippen LogP contribution >= 0.6 is 0 Å². The lowest BCUT2D eigenvalue weighted by Crippen LogP contribution is -2.35. The molecule has 0 saturated heterocycles. The predicted molar refractivity (Wildman–Crippen MR) is 77.5 cm³/mol. The van der Waals surface area contributed by atoms with Crippen LogP contribution in [0.1, 0.15) is 24.8 Å². The first kappa shape index (κ1) is 16.2. The number of nitrogens with one attached hydrogen (secondary N) is 2. The van der Waals surface area contributed by atoms with Gasteiger partial charge in [0, 0.05) is 13.0 Å². The summed E-state index contributed by atoms with van der Waals surface area (Å²) in [6.07, 6.45) is 2.53. The van der Waals surface area contributed by atoms with E-state index in [2.05, 4.69) is 22.8 Å². The maximum Gasteiger partial charge on any atom is 0.303 e. The van der Waals surface area contributed by atoms with Crippen LogP contribution in [0.25, 0.3) is 0 Å². The van der Waals surface area contributed by atoms with Crippen LogP contribution in [0, 0.1) is 0 Å². The molecule has 3 N–H and O–H groups in total. The molecule has 0 aliphatic heterocycles. The van der Waals surface area contributed by atoms with Crippen LogP contribution in [-0.2, 0) is 16.0 Å². The van der Waals surface area contributed by atoms with Crippen molar-refractivity contribution in [1.29, 1.82) is 0 Å². The van der Waals surface area contributed by atoms with Crippen molar-refractivity contribution in [2.24, 2.45) is 0 Å². The topological polar surface area (TPSA) is 78.4 Å². The van der Waals surface area contributed by atoms with Gasteiger partial charge in [-0.1, -0.05) is 30.3 Å². The van der Waals surface area contributed by atoms with Gasteiger partial charge in [0.05, 0.1) is 6.54 Å². The average molecular weight is 278 g/mol. The van der Waals surface area contributed by atoms with Crippen molar-refractivity contribution in [3.05, 3.63) is 35.9 Å². The second kappa shape index (κ2) is 9.97. The van der Waals surface area contributed by atoms with Crippen molar-refractivity contribution in [3.63, 3.8) is 0 Å². The third-order valence-corrected chi connectivity index (χ3v) is 2.84. The summed E-state index contributed by atoms with van der Waals surface area (Å²) >= 11 is 0. The van der Waals surface area contributed by atoms with Crippen LogP contribution in [0.15, 0.2) is 30.3 Å². The van der Waals surface area contributed by atoms with Gasteiger partial charge in [0.15, 0.2) is 0 Å². The van der Waals surface area contributed by atoms with Gasteiger partial charge in [-0.15, -0.1) is 0 Å². The first-order chi connectivity index (χ1) is 9.68. The molecule has 110 valence electrons. The first-order valence-electron chi connectivity index (χ1n) is 6.91. The fourth-order valence-electron chi connectivity index (χ4n) is 1.79. The van der Waals surface area contributed by atoms with E-state index < -0.39 is 5.97 Å². The molecule has 1 rings (SSSR count). The van der Waals surface area contributed by atoms with E-state index in [1.54, 1.807) is 0 Å². The van der Waals surface area contributed by atoms with E-state index in [-0.39, 0.29) is 18.9 Å². The zero-order valence-corrected chi connectivity index (χ0v) is 11.6. The molecule has 0 radical (unpaired) electrons. The van der Waals surface area contributed by atoms with E-state index in [0.717, 1.165) is 12.8 Å². The fraction of sp³-hybridized carbons (Fsp3) is 0.467. The number of rotatable bonds is 10. The molecule has 0 aliphatic carbocycles. The van der Waals surface area contributed by atoms with Gasteiger partial charge in [-0.05, 0) is 31.4 Å². The molecule has 20 heavy (non-hydrogen) atoms. The lowest BCUT2D eigenvalue weighted by atomic mass is 10.1. The number of carboxylic acids is 1. The highest BCUT2D eigenvalue weighted by molar-refractivity contribution is 5.77. The Morgan fingerprint density at radius 3 is 2.50 bits per heavy atom. The van der Waals surface area contributed by atoms with Crippen LogP contribution in [-0.4, -0.2) is 36.6 Å². The van der Waals surface area contributed by atoms with Gasteiger partial charge in [-0.3, -0.25) is 9.59 Å². The number of carbonyl (C=O) groups excluding carboxylic acids is 1. The lowest BCUT2D eigenvalue weighted by Gasteiger charge is -2.06. The molecule has 1 aromatic carbocycles. The molecule has 1 amide bonds. The third-order valence-electron chi connectivity index (χ3n) is 2.84. The number of aliphatic carboxylic acids is 1. The highest BCUT2D eigenvalue weighted by Gasteiger charge is 2.01. The number of hydrogen-bond donors (Lipinski definition) is 3. The normalized spacial score (nSPS) is 10.2. The molecule has 0 unspecified atom stereocenters. The summed E-state index contributed by atoms with van der Waals surface area (Å²) in [5, 5.41) is 14.2. The summed E-state index contributed by atoms with van der Waals surface area (Å²) in [4.78, 5) is 21.7. The Bertz CT molecular complexity index is 407. The van der Waals surface area contributed by atoms with Crippen LogP contribution in [0.4, 0.5) is 0 Å². The van der Waals surface area contributed by atoms with Crippen LogP contribution in [0.3, 0.4) is 0 Å². The summed E-state index contributed by atoms with van der Waals surface area (Å²) in [7, 11) is 0. The second-order valence-corrected chi connectivity index (χ2v) is 4.61. The minimum Gasteiger partial charge on any atom is -0.481 e. The second-order valence-electron chi connectivity index (χ2n) is 4.61. The highest BCUT2D eigenvalue weighted by Crippen LogP contribution is 2.01. The minimum absolute atomic E-state index is 0.0478. The molecule has 1 aromatic rings. The fourth-order valence-corrected chi connectivity index (χ4v) is 1.79. The zero-order chi connectivity index (χ0) is 14.6. The van der Waals surface area contributed by atoms with E-state index >= 15 is 0 Å². The molecule has 0 saturated carbocycles. The molecular formula is C15H22N2O3. The molecule has 0 aromatic heterocycles. The van der Waals surface area contributed by atoms with Crippen molar-refractivity contribution in [3.8, 4) is 0 Å². The minimum atomic E-state index is -0.808. The Morgan fingerprint density at radius 1 is 1.05 bits per heavy atom. The maximum atomic E-state index is 11.5. The number of benzene rings is 1. The van der Waals surface area contributed by atoms with Gasteiger partial charge in [0.1, 0.15) is 0 Å². The quantitative estimate of drug-likeness (QED) is 0.562. The van der Waals surface area contributed by atoms with Gasteiger partial charge in [-0.2, -0.15) is 0 Å². The first-order valence-corrected chi connectivity index (χ1v) is 6.91. The monoisotopic (exact) mass is 278 g/mol. The molecule has 0 bridgehead atoms. The third kappa shape index (κ3) is 8.26. The number of aryl methyl sites for hydroxylation is 1. The van der Waals surface area contributed by atoms with Gasteiger partial charge in [-0.25, -0.2) is 0 Å². The zero-order valence-electron chi connectivity index (χ0n) is 11.6. The number of amides is 1. The summed E-state index contributed by atoms with van der Waals surface area (Å²) in [6.45, 7) is 1.44. The van der Waals surface area contributed by atoms with Crippen molar-refractivity contribution >= 4 is 11.9 Å². The molecule has 5 nitrogen and oxygen atoms in total. The average Bonchev–Trinajstić information content (AvgIpc) is 2.44. The maximum absolute atomic E-state index is 11.5. The summed E-state index contributed by atoms with van der Waals surface area (Å²) < 4.78 is 0. The van der Waals surface area contributed by atoms with Crippen molar-refractivity contribution in [2.75, 3.05) is 19.6 Å². The Balaban J connectivity index is 1.96. The molecule has 5 heteroatoms. The van der Waals surface area contributed by atoms with Crippen molar-refractivity contribution in [1.82, 2.24) is 10.6 Å². The Hall–Kier alpha value is -1.88. The van der Waals surface area contributed by atoms with E-state index in [1.165, 1.54) is 5.56 Å². The van der Waals surface area contributed by atoms with Gasteiger partial charge in [0.2, 0.25) is 5.91 Å². The Kier molecular flexibility index (Phi) is 8.07. The van der Waals surface area contributed by atoms with Crippen LogP contribution in [0.5, 0.6) is 0 Å². The van der Waals surface area contributed by atoms with Crippen LogP contribution in [0.2, 0.25) is 0 Å². The van der Waals surface area contributed by atoms with Crippen molar-refractivity contribution < 1.29 is 14.7 Å².